The van der Waals surface area contributed by atoms with E-state index < -0.39 is 22.9 Å². The lowest BCUT2D eigenvalue weighted by molar-refractivity contribution is -0.525. The fourth-order valence-electron chi connectivity index (χ4n) is 4.99. The van der Waals surface area contributed by atoms with Gasteiger partial charge in [-0.2, -0.15) is 0 Å². The second-order valence-corrected chi connectivity index (χ2v) is 11.5. The average Bonchev–Trinajstić information content (AvgIpc) is 3.04. The summed E-state index contributed by atoms with van der Waals surface area (Å²) in [6.45, 7) is 2.70. The first-order valence-electron chi connectivity index (χ1n) is 15.4. The molecule has 0 spiro atoms. The Balaban J connectivity index is 1.89. The van der Waals surface area contributed by atoms with Gasteiger partial charge in [0.1, 0.15) is 6.04 Å². The number of carbonyl (C=O) groups excluding carboxylic acids is 3. The number of nitrogens with zero attached hydrogens (tertiary/aromatic N) is 4. The smallest absolute Gasteiger partial charge is 0.251 e. The third-order valence-corrected chi connectivity index (χ3v) is 7.84. The van der Waals surface area contributed by atoms with E-state index in [-0.39, 0.29) is 56.2 Å². The Labute approximate surface area is 275 Å². The number of rotatable bonds is 17. The molecule has 13 nitrogen and oxygen atoms in total. The van der Waals surface area contributed by atoms with Crippen LogP contribution in [0.5, 0.6) is 0 Å². The van der Waals surface area contributed by atoms with Crippen LogP contribution in [0.3, 0.4) is 0 Å². The van der Waals surface area contributed by atoms with Gasteiger partial charge in [0.2, 0.25) is 17.7 Å². The van der Waals surface area contributed by atoms with Crippen molar-refractivity contribution in [3.05, 3.63) is 117 Å². The Morgan fingerprint density at radius 1 is 0.894 bits per heavy atom. The maximum absolute atomic E-state index is 14.6. The highest BCUT2D eigenvalue weighted by Crippen LogP contribution is 2.29. The Bertz CT molecular complexity index is 1460. The Hall–Kier alpha value is -5.30. The summed E-state index contributed by atoms with van der Waals surface area (Å²) < 4.78 is 0. The van der Waals surface area contributed by atoms with Gasteiger partial charge in [0.25, 0.3) is 5.96 Å². The highest BCUT2D eigenvalue weighted by Gasteiger charge is 2.34. The summed E-state index contributed by atoms with van der Waals surface area (Å²) in [7, 11) is 3.91. The minimum absolute atomic E-state index is 0.0728. The van der Waals surface area contributed by atoms with Crippen LogP contribution in [0.15, 0.2) is 89.9 Å². The molecule has 3 amide bonds. The van der Waals surface area contributed by atoms with Gasteiger partial charge < -0.3 is 26.6 Å². The molecule has 3 aromatic rings. The van der Waals surface area contributed by atoms with Gasteiger partial charge in [-0.15, -0.1) is 0 Å². The van der Waals surface area contributed by atoms with Crippen LogP contribution in [0.1, 0.15) is 47.9 Å². The summed E-state index contributed by atoms with van der Waals surface area (Å²) in [5, 5.41) is 12.8. The van der Waals surface area contributed by atoms with E-state index in [0.717, 1.165) is 22.3 Å². The van der Waals surface area contributed by atoms with Crippen LogP contribution >= 0.6 is 0 Å². The molecule has 0 heterocycles. The number of nitrogens with two attached hydrogens (primary N) is 2. The highest BCUT2D eigenvalue weighted by molar-refractivity contribution is 5.92. The number of hydrogen-bond acceptors (Lipinski definition) is 7. The first kappa shape index (κ1) is 36.2. The molecule has 250 valence electrons. The van der Waals surface area contributed by atoms with E-state index >= 15 is 0 Å². The molecule has 0 bridgehead atoms. The fourth-order valence-corrected chi connectivity index (χ4v) is 4.99. The molecule has 6 N–H and O–H groups in total. The van der Waals surface area contributed by atoms with E-state index in [1.54, 1.807) is 5.43 Å². The average molecular weight is 645 g/mol. The number of primary amides is 1. The first-order valence-corrected chi connectivity index (χ1v) is 15.4. The Kier molecular flexibility index (Phi) is 13.9. The van der Waals surface area contributed by atoms with E-state index in [2.05, 4.69) is 10.3 Å². The number of benzene rings is 3. The first-order chi connectivity index (χ1) is 22.5. The van der Waals surface area contributed by atoms with Gasteiger partial charge in [-0.1, -0.05) is 90.4 Å². The van der Waals surface area contributed by atoms with Crippen LogP contribution in [0.2, 0.25) is 0 Å². The summed E-state index contributed by atoms with van der Waals surface area (Å²) in [6, 6.07) is 25.1. The van der Waals surface area contributed by atoms with Gasteiger partial charge >= 0.3 is 0 Å². The second-order valence-electron chi connectivity index (χ2n) is 11.5. The van der Waals surface area contributed by atoms with Gasteiger partial charge in [-0.05, 0) is 56.1 Å². The molecule has 0 radical (unpaired) electrons. The van der Waals surface area contributed by atoms with Gasteiger partial charge in [0.05, 0.1) is 12.3 Å². The van der Waals surface area contributed by atoms with Crippen LogP contribution in [0.4, 0.5) is 0 Å². The molecule has 0 aliphatic heterocycles. The van der Waals surface area contributed by atoms with Gasteiger partial charge in [-0.3, -0.25) is 14.4 Å². The molecule has 47 heavy (non-hydrogen) atoms. The number of amides is 3. The van der Waals surface area contributed by atoms with Crippen molar-refractivity contribution in [1.82, 2.24) is 20.5 Å². The zero-order valence-electron chi connectivity index (χ0n) is 27.0. The number of hydrazine groups is 1. The lowest BCUT2D eigenvalue weighted by atomic mass is 9.89. The standard InChI is InChI=1S/C34H44N8O5/c1-24(40(2)3)22-38-30(43)21-25-16-18-26(19-17-25)23-41(29(32(35)44)15-10-20-37-34(36)39-42(46)47)33(45)31(27-11-6-4-7-12-27)28-13-8-5-9-14-28/h4-9,11-14,16-19,24,29,31H,10,15,20-23H2,1-3H3,(H2,35,44)(H,38,43)(H3,36,37,39)/t24?,29-/m1/s1. The summed E-state index contributed by atoms with van der Waals surface area (Å²) in [6.07, 6.45) is 0.627. The highest BCUT2D eigenvalue weighted by atomic mass is 16.7. The molecular formula is C34H44N8O5. The number of hydrogen-bond donors (Lipinski definition) is 4. The quantitative estimate of drug-likeness (QED) is 0.0565. The van der Waals surface area contributed by atoms with Crippen molar-refractivity contribution in [2.24, 2.45) is 16.5 Å². The van der Waals surface area contributed by atoms with Crippen LogP contribution in [0, 0.1) is 10.1 Å². The molecule has 0 saturated heterocycles. The summed E-state index contributed by atoms with van der Waals surface area (Å²) in [4.78, 5) is 58.1. The predicted octanol–water partition coefficient (Wildman–Crippen LogP) is 2.19. The van der Waals surface area contributed by atoms with E-state index in [4.69, 9.17) is 11.5 Å². The van der Waals surface area contributed by atoms with E-state index in [9.17, 15) is 24.5 Å². The van der Waals surface area contributed by atoms with E-state index in [0.29, 0.717) is 6.54 Å². The normalized spacial score (nSPS) is 12.7. The van der Waals surface area contributed by atoms with E-state index in [1.807, 2.05) is 111 Å². The maximum atomic E-state index is 14.6. The Morgan fingerprint density at radius 3 is 1.96 bits per heavy atom. The van der Waals surface area contributed by atoms with Crippen molar-refractivity contribution in [3.8, 4) is 0 Å². The summed E-state index contributed by atoms with van der Waals surface area (Å²) >= 11 is 0. The van der Waals surface area contributed by atoms with Gasteiger partial charge in [-0.25, -0.2) is 15.1 Å². The van der Waals surface area contributed by atoms with Crippen molar-refractivity contribution in [3.63, 3.8) is 0 Å². The van der Waals surface area contributed by atoms with Crippen molar-refractivity contribution < 1.29 is 19.4 Å². The van der Waals surface area contributed by atoms with E-state index in [1.165, 1.54) is 4.90 Å². The van der Waals surface area contributed by atoms with Crippen molar-refractivity contribution in [1.29, 1.82) is 0 Å². The lowest BCUT2D eigenvalue weighted by Crippen LogP contribution is -2.49. The lowest BCUT2D eigenvalue weighted by Gasteiger charge is -2.33. The molecule has 3 aromatic carbocycles. The molecule has 0 fully saturated rings. The minimum atomic E-state index is -1.01. The number of nitro groups is 1. The molecule has 0 aliphatic carbocycles. The molecule has 13 heteroatoms. The predicted molar refractivity (Wildman–Crippen MR) is 180 cm³/mol. The van der Waals surface area contributed by atoms with Crippen LogP contribution in [0.25, 0.3) is 0 Å². The number of guanidine groups is 1. The fraction of sp³-hybridized carbons (Fsp3) is 0.353. The molecule has 1 unspecified atom stereocenters. The molecular weight excluding hydrogens is 600 g/mol. The number of nitrogens with one attached hydrogen (secondary N) is 2. The maximum Gasteiger partial charge on any atom is 0.251 e. The van der Waals surface area contributed by atoms with Gasteiger partial charge in [0, 0.05) is 25.7 Å². The molecule has 0 aromatic heterocycles. The topological polar surface area (TPSA) is 189 Å². The van der Waals surface area contributed by atoms with Gasteiger partial charge in [0.15, 0.2) is 5.03 Å². The Morgan fingerprint density at radius 2 is 1.45 bits per heavy atom. The van der Waals surface area contributed by atoms with Crippen molar-refractivity contribution in [2.75, 3.05) is 27.2 Å². The third kappa shape index (κ3) is 11.5. The number of carbonyl (C=O) groups is 3. The number of aliphatic imine (C=N–C) groups is 1. The van der Waals surface area contributed by atoms with Crippen LogP contribution in [-0.2, 0) is 27.3 Å². The van der Waals surface area contributed by atoms with Crippen LogP contribution in [-0.4, -0.2) is 77.8 Å². The molecule has 2 atom stereocenters. The number of likely N-dealkylation sites (N-methyl/N-ethyl adjacent to an activating group) is 1. The zero-order valence-corrected chi connectivity index (χ0v) is 27.0. The van der Waals surface area contributed by atoms with Crippen molar-refractivity contribution in [2.45, 2.75) is 50.7 Å². The van der Waals surface area contributed by atoms with Crippen molar-refractivity contribution >= 4 is 23.7 Å². The molecule has 0 saturated carbocycles. The SMILES string of the molecule is CC(CNC(=O)Cc1ccc(CN(C(=O)C(c2ccccc2)c2ccccc2)[C@H](CCCN=C(N)N[N+](=O)[O-])C(N)=O)cc1)N(C)C. The van der Waals surface area contributed by atoms with Crippen LogP contribution < -0.4 is 22.2 Å². The monoisotopic (exact) mass is 644 g/mol. The summed E-state index contributed by atoms with van der Waals surface area (Å²) in [5.41, 5.74) is 16.3. The summed E-state index contributed by atoms with van der Waals surface area (Å²) in [5.74, 6) is -2.19. The third-order valence-electron chi connectivity index (χ3n) is 7.84. The molecule has 3 rings (SSSR count). The molecule has 0 aliphatic rings. The second kappa shape index (κ2) is 18.0. The minimum Gasteiger partial charge on any atom is -0.368 e. The largest absolute Gasteiger partial charge is 0.368 e. The zero-order chi connectivity index (χ0) is 34.3.